The van der Waals surface area contributed by atoms with Crippen molar-refractivity contribution >= 4 is 69.1 Å². The topological polar surface area (TPSA) is 364 Å². The standard InChI is InChI=1S/C26H42N7O17P3S/c1-14(2)9-17(35)54-8-7-28-16(34)5-6-29-24(38)21(37)26(3,4)11-47-53(44,45)50-52(42,43)46-10-15-20(49-51(39,40)41)19(36)25(48-15)33-13-32-18-22(27)30-12-31-23(18)33/h9,12-13,15,19-21,25,36-37H,5-8,10-11H2,1-4H3,(H,28,34)(H,29,38)(H,42,43)(H,44,45)(H2,27,30,31)(H2,39,40,41)/t15-,19+,20-,21-,25-/m0/s1. The van der Waals surface area contributed by atoms with Crippen molar-refractivity contribution in [3.05, 3.63) is 24.3 Å². The van der Waals surface area contributed by atoms with E-state index < -0.39 is 84.6 Å². The van der Waals surface area contributed by atoms with Crippen LogP contribution in [0.1, 0.15) is 40.3 Å². The van der Waals surface area contributed by atoms with Crippen LogP contribution in [0, 0.1) is 5.41 Å². The number of hydrogen-bond acceptors (Lipinski definition) is 18. The molecule has 3 rings (SSSR count). The van der Waals surface area contributed by atoms with Gasteiger partial charge >= 0.3 is 23.5 Å². The summed E-state index contributed by atoms with van der Waals surface area (Å²) in [6, 6.07) is 0. The lowest BCUT2D eigenvalue weighted by Gasteiger charge is -2.30. The number of carbonyl (C=O) groups excluding carboxylic acids is 3. The molecule has 10 N–H and O–H groups in total. The van der Waals surface area contributed by atoms with Gasteiger partial charge in [-0.15, -0.1) is 0 Å². The first-order valence-electron chi connectivity index (χ1n) is 15.6. The number of fused-ring (bicyclic) bond motifs is 1. The third-order valence-electron chi connectivity index (χ3n) is 7.15. The number of allylic oxidation sites excluding steroid dienone is 1. The van der Waals surface area contributed by atoms with E-state index in [2.05, 4.69) is 34.4 Å². The SMILES string of the molecule is CC(C)=CC(=O)SCCNC(=O)CCNC(=O)[C@H](O)C(C)(C)COP(=O)(O)OP(=O)(O)OC[C@@H]1O[C@H](n2cnc3c(N)ncnc32)[C@H](O)[C@H]1OP(=O)(O)O. The molecule has 54 heavy (non-hydrogen) atoms. The molecule has 0 aromatic carbocycles. The zero-order valence-electron chi connectivity index (χ0n) is 29.2. The first-order chi connectivity index (χ1) is 24.9. The number of hydrogen-bond donors (Lipinski definition) is 9. The largest absolute Gasteiger partial charge is 0.481 e. The van der Waals surface area contributed by atoms with Crippen LogP contribution in [0.4, 0.5) is 5.82 Å². The minimum Gasteiger partial charge on any atom is -0.386 e. The van der Waals surface area contributed by atoms with Crippen LogP contribution >= 0.6 is 35.2 Å². The highest BCUT2D eigenvalue weighted by Gasteiger charge is 2.50. The van der Waals surface area contributed by atoms with Crippen molar-refractivity contribution in [2.24, 2.45) is 5.41 Å². The third kappa shape index (κ3) is 13.8. The number of ether oxygens (including phenoxy) is 1. The number of rotatable bonds is 20. The van der Waals surface area contributed by atoms with Crippen LogP contribution in [-0.2, 0) is 50.7 Å². The number of nitrogen functional groups attached to an aromatic ring is 1. The molecule has 2 aromatic rings. The van der Waals surface area contributed by atoms with E-state index in [1.807, 2.05) is 0 Å². The Kier molecular flexibility index (Phi) is 16.0. The second kappa shape index (κ2) is 19.0. The number of carbonyl (C=O) groups is 3. The fourth-order valence-corrected chi connectivity index (χ4v) is 8.11. The van der Waals surface area contributed by atoms with E-state index in [-0.39, 0.29) is 41.6 Å². The van der Waals surface area contributed by atoms with Gasteiger partial charge in [-0.1, -0.05) is 31.2 Å². The van der Waals surface area contributed by atoms with Gasteiger partial charge in [0.15, 0.2) is 17.7 Å². The minimum absolute atomic E-state index is 0.0301. The Morgan fingerprint density at radius 3 is 2.39 bits per heavy atom. The van der Waals surface area contributed by atoms with Gasteiger partial charge in [0, 0.05) is 30.7 Å². The van der Waals surface area contributed by atoms with E-state index in [9.17, 15) is 57.9 Å². The fourth-order valence-electron chi connectivity index (χ4n) is 4.56. The highest BCUT2D eigenvalue weighted by molar-refractivity contribution is 8.14. The van der Waals surface area contributed by atoms with Gasteiger partial charge in [0.25, 0.3) is 0 Å². The molecule has 3 heterocycles. The average molecular weight is 850 g/mol. The monoisotopic (exact) mass is 849 g/mol. The summed E-state index contributed by atoms with van der Waals surface area (Å²) in [4.78, 5) is 87.0. The lowest BCUT2D eigenvalue weighted by atomic mass is 9.87. The number of nitrogens with two attached hydrogens (primary N) is 1. The molecule has 0 spiro atoms. The van der Waals surface area contributed by atoms with Crippen LogP contribution in [0.2, 0.25) is 0 Å². The predicted molar refractivity (Wildman–Crippen MR) is 187 cm³/mol. The van der Waals surface area contributed by atoms with Crippen molar-refractivity contribution in [1.82, 2.24) is 30.2 Å². The summed E-state index contributed by atoms with van der Waals surface area (Å²) in [5.74, 6) is -1.13. The second-order valence-electron chi connectivity index (χ2n) is 12.5. The molecule has 0 aliphatic carbocycles. The van der Waals surface area contributed by atoms with Crippen molar-refractivity contribution in [3.63, 3.8) is 0 Å². The number of imidazole rings is 1. The summed E-state index contributed by atoms with van der Waals surface area (Å²) in [5.41, 5.74) is 5.10. The van der Waals surface area contributed by atoms with E-state index in [0.29, 0.717) is 5.75 Å². The van der Waals surface area contributed by atoms with Gasteiger partial charge in [-0.2, -0.15) is 4.31 Å². The number of thioether (sulfide) groups is 1. The van der Waals surface area contributed by atoms with E-state index >= 15 is 0 Å². The molecule has 0 radical (unpaired) electrons. The van der Waals surface area contributed by atoms with E-state index in [1.165, 1.54) is 19.9 Å². The molecule has 0 saturated carbocycles. The van der Waals surface area contributed by atoms with E-state index in [1.54, 1.807) is 13.8 Å². The van der Waals surface area contributed by atoms with Gasteiger partial charge in [-0.3, -0.25) is 32.5 Å². The Labute approximate surface area is 311 Å². The fraction of sp³-hybridized carbons (Fsp3) is 0.615. The van der Waals surface area contributed by atoms with Crippen LogP contribution < -0.4 is 16.4 Å². The molecule has 2 unspecified atom stereocenters. The molecule has 1 fully saturated rings. The first kappa shape index (κ1) is 45.7. The molecule has 7 atom stereocenters. The maximum absolute atomic E-state index is 12.6. The molecule has 2 amide bonds. The van der Waals surface area contributed by atoms with Crippen molar-refractivity contribution in [2.45, 2.75) is 64.8 Å². The molecular weight excluding hydrogens is 807 g/mol. The van der Waals surface area contributed by atoms with Gasteiger partial charge in [-0.25, -0.2) is 28.6 Å². The van der Waals surface area contributed by atoms with E-state index in [4.69, 9.17) is 19.5 Å². The number of amides is 2. The normalized spacial score (nSPS) is 21.9. The smallest absolute Gasteiger partial charge is 0.386 e. The number of nitrogens with zero attached hydrogens (tertiary/aromatic N) is 4. The molecule has 1 saturated heterocycles. The number of anilines is 1. The van der Waals surface area contributed by atoms with Gasteiger partial charge < -0.3 is 50.9 Å². The lowest BCUT2D eigenvalue weighted by Crippen LogP contribution is -2.46. The maximum Gasteiger partial charge on any atom is 0.481 e. The lowest BCUT2D eigenvalue weighted by molar-refractivity contribution is -0.137. The van der Waals surface area contributed by atoms with Crippen LogP contribution in [0.15, 0.2) is 24.3 Å². The van der Waals surface area contributed by atoms with Crippen molar-refractivity contribution < 1.29 is 80.5 Å². The third-order valence-corrected chi connectivity index (χ3v) is 11.1. The Balaban J connectivity index is 1.51. The molecule has 2 aromatic heterocycles. The zero-order valence-corrected chi connectivity index (χ0v) is 32.7. The average Bonchev–Trinajstić information content (AvgIpc) is 3.60. The summed E-state index contributed by atoms with van der Waals surface area (Å²) in [6.45, 7) is 4.03. The van der Waals surface area contributed by atoms with Crippen molar-refractivity contribution in [3.8, 4) is 0 Å². The summed E-state index contributed by atoms with van der Waals surface area (Å²) in [6.07, 6.45) is -5.45. The van der Waals surface area contributed by atoms with E-state index in [0.717, 1.165) is 34.6 Å². The number of phosphoric ester groups is 3. The number of aliphatic hydroxyl groups excluding tert-OH is 2. The molecule has 304 valence electrons. The number of nitrogens with one attached hydrogen (secondary N) is 2. The quantitative estimate of drug-likeness (QED) is 0.0466. The van der Waals surface area contributed by atoms with Gasteiger partial charge in [0.2, 0.25) is 16.9 Å². The first-order valence-corrected chi connectivity index (χ1v) is 21.1. The summed E-state index contributed by atoms with van der Waals surface area (Å²) in [5, 5.41) is 26.1. The predicted octanol–water partition coefficient (Wildman–Crippen LogP) is -0.369. The molecule has 1 aliphatic heterocycles. The number of aromatic nitrogens is 4. The second-order valence-corrected chi connectivity index (χ2v) is 17.8. The summed E-state index contributed by atoms with van der Waals surface area (Å²) >= 11 is 1.02. The van der Waals surface area contributed by atoms with Crippen molar-refractivity contribution in [1.29, 1.82) is 0 Å². The minimum atomic E-state index is -5.57. The maximum atomic E-state index is 12.6. The van der Waals surface area contributed by atoms with Gasteiger partial charge in [-0.05, 0) is 19.9 Å². The molecule has 0 bridgehead atoms. The Morgan fingerprint density at radius 2 is 1.74 bits per heavy atom. The van der Waals surface area contributed by atoms with Crippen molar-refractivity contribution in [2.75, 3.05) is 37.8 Å². The summed E-state index contributed by atoms with van der Waals surface area (Å²) in [7, 11) is -16.4. The Morgan fingerprint density at radius 1 is 1.07 bits per heavy atom. The Hall–Kier alpha value is -2.70. The van der Waals surface area contributed by atoms with Crippen LogP contribution in [0.3, 0.4) is 0 Å². The molecule has 1 aliphatic rings. The molecule has 24 nitrogen and oxygen atoms in total. The highest BCUT2D eigenvalue weighted by atomic mass is 32.2. The van der Waals surface area contributed by atoms with Crippen LogP contribution in [0.25, 0.3) is 11.2 Å². The zero-order chi connectivity index (χ0) is 40.6. The number of phosphoric acid groups is 3. The highest BCUT2D eigenvalue weighted by Crippen LogP contribution is 2.61. The van der Waals surface area contributed by atoms with Crippen LogP contribution in [-0.4, -0.2) is 123 Å². The molecule has 28 heteroatoms. The number of aliphatic hydroxyl groups is 2. The van der Waals surface area contributed by atoms with Gasteiger partial charge in [0.1, 0.15) is 36.3 Å². The Bertz CT molecular complexity index is 1840. The summed E-state index contributed by atoms with van der Waals surface area (Å²) < 4.78 is 62.0. The molecular formula is C26H42N7O17P3S. The van der Waals surface area contributed by atoms with Crippen LogP contribution in [0.5, 0.6) is 0 Å². The van der Waals surface area contributed by atoms with Gasteiger partial charge in [0.05, 0.1) is 19.5 Å².